The van der Waals surface area contributed by atoms with Crippen LogP contribution in [0.5, 0.6) is 5.75 Å². The number of aromatic nitrogens is 1. The van der Waals surface area contributed by atoms with Crippen LogP contribution in [-0.2, 0) is 59.4 Å². The monoisotopic (exact) mass is 1090 g/mol. The average molecular weight is 1090 g/mol. The van der Waals surface area contributed by atoms with Gasteiger partial charge in [-0.25, -0.2) is 4.79 Å². The smallest absolute Gasteiger partial charge is 0.407 e. The van der Waals surface area contributed by atoms with Crippen molar-refractivity contribution >= 4 is 52.4 Å². The van der Waals surface area contributed by atoms with E-state index < -0.39 is 83.9 Å². The lowest BCUT2D eigenvalue weighted by atomic mass is 9.90. The number of nitrogens with two attached hydrogens (primary N) is 1. The zero-order valence-corrected chi connectivity index (χ0v) is 44.8. The van der Waals surface area contributed by atoms with E-state index in [0.29, 0.717) is 47.7 Å². The molecule has 3 aliphatic rings. The molecular formula is C61H70N10O9. The van der Waals surface area contributed by atoms with Gasteiger partial charge in [0.05, 0.1) is 6.54 Å². The maximum atomic E-state index is 15.4. The number of alkyl carbamates (subject to hydrolysis) is 1. The van der Waals surface area contributed by atoms with Gasteiger partial charge in [0.2, 0.25) is 35.4 Å². The van der Waals surface area contributed by atoms with Crippen molar-refractivity contribution in [2.75, 3.05) is 32.7 Å². The highest BCUT2D eigenvalue weighted by molar-refractivity contribution is 5.99. The van der Waals surface area contributed by atoms with Gasteiger partial charge in [0, 0.05) is 55.9 Å². The first kappa shape index (κ1) is 56.2. The zero-order valence-electron chi connectivity index (χ0n) is 44.8. The van der Waals surface area contributed by atoms with Crippen molar-refractivity contribution in [3.8, 4) is 5.75 Å². The van der Waals surface area contributed by atoms with Crippen molar-refractivity contribution < 1.29 is 43.0 Å². The number of carbonyl (C=O) groups excluding carboxylic acids is 7. The summed E-state index contributed by atoms with van der Waals surface area (Å²) >= 11 is 0. The van der Waals surface area contributed by atoms with Crippen molar-refractivity contribution in [3.05, 3.63) is 173 Å². The number of benzene rings is 5. The van der Waals surface area contributed by atoms with Gasteiger partial charge in [-0.15, -0.1) is 0 Å². The van der Waals surface area contributed by atoms with Crippen LogP contribution in [0.25, 0.3) is 10.9 Å². The molecule has 6 aromatic rings. The van der Waals surface area contributed by atoms with Crippen LogP contribution >= 0.6 is 0 Å². The van der Waals surface area contributed by atoms with E-state index in [1.807, 2.05) is 61.5 Å². The summed E-state index contributed by atoms with van der Waals surface area (Å²) in [5.74, 6) is -3.59. The van der Waals surface area contributed by atoms with Gasteiger partial charge >= 0.3 is 6.09 Å². The largest absolute Gasteiger partial charge is 0.489 e. The van der Waals surface area contributed by atoms with Crippen LogP contribution < -0.4 is 47.7 Å². The van der Waals surface area contributed by atoms with Crippen LogP contribution in [0.15, 0.2) is 140 Å². The lowest BCUT2D eigenvalue weighted by Gasteiger charge is -2.32. The molecule has 0 radical (unpaired) electrons. The van der Waals surface area contributed by atoms with Crippen LogP contribution in [-0.4, -0.2) is 120 Å². The Morgan fingerprint density at radius 1 is 0.650 bits per heavy atom. The fourth-order valence-electron chi connectivity index (χ4n) is 10.7. The normalized spacial score (nSPS) is 22.6. The SMILES string of the molecule is Cc1ccc2[nH]cc(C[C@H]3NC(=O)[C@H](c4ccccc4)NC(=O)[C@@H]4C[C@@H](OC(=O)NCCN)CN4C(=O)[C@H](Cc4ccccc4)NC(=O)[C@H](Cc4ccc(OCc5ccccc5)cc4)NC(=O)[C@H](CC4CCNCC4)NC3=O)c2c1. The van der Waals surface area contributed by atoms with Gasteiger partial charge in [0.15, 0.2) is 0 Å². The first-order valence-corrected chi connectivity index (χ1v) is 27.5. The Morgan fingerprint density at radius 2 is 1.25 bits per heavy atom. The molecule has 7 atom stereocenters. The van der Waals surface area contributed by atoms with Crippen LogP contribution in [0.2, 0.25) is 0 Å². The molecule has 418 valence electrons. The molecule has 19 heteroatoms. The van der Waals surface area contributed by atoms with Gasteiger partial charge in [0.1, 0.15) is 54.7 Å². The molecule has 3 saturated heterocycles. The Balaban J connectivity index is 1.12. The van der Waals surface area contributed by atoms with Gasteiger partial charge in [-0.3, -0.25) is 28.8 Å². The van der Waals surface area contributed by atoms with E-state index in [2.05, 4.69) is 42.2 Å². The van der Waals surface area contributed by atoms with Crippen LogP contribution in [0.1, 0.15) is 65.1 Å². The minimum atomic E-state index is -1.41. The average Bonchev–Trinajstić information content (AvgIpc) is 4.13. The number of fused-ring (bicyclic) bond motifs is 2. The standard InChI is InChI=1S/C61H70N10O9/c1-38-17-22-48-47(29-38)44(35-65-48)33-51-57(74)67-50(31-41-23-26-63-27-24-41)55(72)66-49(30-40-18-20-45(21-19-40)79-37-42-13-7-3-8-14-42)56(73)69-52(32-39-11-5-2-6-12-39)60(77)71-36-46(80-61(78)64-28-25-62)34-53(71)58(75)70-54(59(76)68-51)43-15-9-4-10-16-43/h2-22,29,35,41,46,49-54,63,65H,23-28,30-34,36-37,62H2,1H3,(H,64,78)(H,66,72)(H,67,74)(H,68,76)(H,69,73)(H,70,75)/t46-,49+,50+,51-,52+,53+,54+/m1/s1. The molecule has 3 fully saturated rings. The molecule has 80 heavy (non-hydrogen) atoms. The van der Waals surface area contributed by atoms with E-state index >= 15 is 28.8 Å². The quantitative estimate of drug-likeness (QED) is 0.0711. The van der Waals surface area contributed by atoms with Gasteiger partial charge in [-0.05, 0) is 97.3 Å². The number of hydrogen-bond donors (Lipinski definition) is 9. The number of nitrogens with one attached hydrogen (secondary N) is 8. The van der Waals surface area contributed by atoms with E-state index in [0.717, 1.165) is 34.9 Å². The number of ether oxygens (including phenoxy) is 2. The van der Waals surface area contributed by atoms with E-state index in [1.165, 1.54) is 4.90 Å². The molecule has 4 heterocycles. The molecule has 0 unspecified atom stereocenters. The highest BCUT2D eigenvalue weighted by Gasteiger charge is 2.45. The molecule has 1 aromatic heterocycles. The number of aryl methyl sites for hydroxylation is 1. The fraction of sp³-hybridized carbons (Fsp3) is 0.361. The maximum Gasteiger partial charge on any atom is 0.407 e. The van der Waals surface area contributed by atoms with E-state index in [9.17, 15) is 4.79 Å². The van der Waals surface area contributed by atoms with Crippen molar-refractivity contribution in [3.63, 3.8) is 0 Å². The number of nitrogens with zero attached hydrogens (tertiary/aromatic N) is 1. The van der Waals surface area contributed by atoms with Crippen molar-refractivity contribution in [2.45, 2.75) is 101 Å². The predicted molar refractivity (Wildman–Crippen MR) is 301 cm³/mol. The summed E-state index contributed by atoms with van der Waals surface area (Å²) in [6, 6.07) is 32.4. The summed E-state index contributed by atoms with van der Waals surface area (Å²) in [5, 5.41) is 21.6. The zero-order chi connectivity index (χ0) is 56.0. The first-order chi connectivity index (χ1) is 38.9. The number of amides is 7. The van der Waals surface area contributed by atoms with E-state index in [-0.39, 0.29) is 57.7 Å². The highest BCUT2D eigenvalue weighted by atomic mass is 16.6. The minimum absolute atomic E-state index is 0.00370. The van der Waals surface area contributed by atoms with Crippen molar-refractivity contribution in [1.29, 1.82) is 0 Å². The van der Waals surface area contributed by atoms with Crippen LogP contribution in [0.3, 0.4) is 0 Å². The Kier molecular flexibility index (Phi) is 18.9. The van der Waals surface area contributed by atoms with E-state index in [4.69, 9.17) is 15.2 Å². The third kappa shape index (κ3) is 14.8. The lowest BCUT2D eigenvalue weighted by Crippen LogP contribution is -2.61. The summed E-state index contributed by atoms with van der Waals surface area (Å²) in [4.78, 5) is 109. The summed E-state index contributed by atoms with van der Waals surface area (Å²) in [6.45, 7) is 3.69. The number of H-pyrrole nitrogens is 1. The summed E-state index contributed by atoms with van der Waals surface area (Å²) in [6.07, 6.45) is 1.36. The molecule has 19 nitrogen and oxygen atoms in total. The highest BCUT2D eigenvalue weighted by Crippen LogP contribution is 2.27. The second-order valence-corrected chi connectivity index (χ2v) is 20.9. The number of aromatic amines is 1. The molecule has 0 spiro atoms. The molecule has 0 bridgehead atoms. The molecule has 0 saturated carbocycles. The molecule has 3 aliphatic heterocycles. The lowest BCUT2D eigenvalue weighted by molar-refractivity contribution is -0.143. The van der Waals surface area contributed by atoms with Gasteiger partial charge in [-0.2, -0.15) is 0 Å². The van der Waals surface area contributed by atoms with Gasteiger partial charge in [-0.1, -0.05) is 115 Å². The second-order valence-electron chi connectivity index (χ2n) is 20.9. The third-order valence-corrected chi connectivity index (χ3v) is 15.0. The maximum absolute atomic E-state index is 15.4. The van der Waals surface area contributed by atoms with E-state index in [1.54, 1.807) is 85.1 Å². The molecular weight excluding hydrogens is 1020 g/mol. The minimum Gasteiger partial charge on any atom is -0.489 e. The Labute approximate surface area is 464 Å². The van der Waals surface area contributed by atoms with Crippen LogP contribution in [0, 0.1) is 12.8 Å². The summed E-state index contributed by atoms with van der Waals surface area (Å²) < 4.78 is 11.8. The molecule has 5 aromatic carbocycles. The Morgan fingerprint density at radius 3 is 1.95 bits per heavy atom. The number of piperidine rings is 1. The van der Waals surface area contributed by atoms with Crippen LogP contribution in [0.4, 0.5) is 4.79 Å². The molecule has 9 rings (SSSR count). The number of rotatable bonds is 15. The van der Waals surface area contributed by atoms with Gasteiger partial charge < -0.3 is 62.3 Å². The summed E-state index contributed by atoms with van der Waals surface area (Å²) in [7, 11) is 0. The molecule has 0 aliphatic carbocycles. The Bertz CT molecular complexity index is 3100. The second kappa shape index (κ2) is 26.9. The third-order valence-electron chi connectivity index (χ3n) is 15.0. The predicted octanol–water partition coefficient (Wildman–Crippen LogP) is 3.94. The van der Waals surface area contributed by atoms with Crippen molar-refractivity contribution in [2.24, 2.45) is 11.7 Å². The number of carbonyl (C=O) groups is 7. The molecule has 7 amide bonds. The van der Waals surface area contributed by atoms with Gasteiger partial charge in [0.25, 0.3) is 0 Å². The van der Waals surface area contributed by atoms with Crippen molar-refractivity contribution in [1.82, 2.24) is 47.1 Å². The first-order valence-electron chi connectivity index (χ1n) is 27.5. The fourth-order valence-corrected chi connectivity index (χ4v) is 10.7. The summed E-state index contributed by atoms with van der Waals surface area (Å²) in [5.41, 5.74) is 10.8. The Hall–Kier alpha value is -8.55. The molecule has 10 N–H and O–H groups in total. The topological polar surface area (TPSA) is 267 Å². The number of hydrogen-bond acceptors (Lipinski definition) is 11.